The van der Waals surface area contributed by atoms with Crippen molar-refractivity contribution >= 4 is 5.91 Å². The van der Waals surface area contributed by atoms with Gasteiger partial charge in [-0.2, -0.15) is 0 Å². The van der Waals surface area contributed by atoms with E-state index in [-0.39, 0.29) is 17.4 Å². The molecule has 19 heavy (non-hydrogen) atoms. The van der Waals surface area contributed by atoms with Crippen molar-refractivity contribution in [1.29, 1.82) is 0 Å². The molecule has 0 aromatic heterocycles. The van der Waals surface area contributed by atoms with Gasteiger partial charge in [0.25, 0.3) is 0 Å². The van der Waals surface area contributed by atoms with E-state index in [1.807, 2.05) is 37.4 Å². The Morgan fingerprint density at radius 3 is 2.05 bits per heavy atom. The molecule has 3 nitrogen and oxygen atoms in total. The molecule has 106 valence electrons. The molecule has 0 fully saturated rings. The van der Waals surface area contributed by atoms with Gasteiger partial charge in [-0.05, 0) is 24.8 Å². The van der Waals surface area contributed by atoms with E-state index in [9.17, 15) is 4.79 Å². The van der Waals surface area contributed by atoms with Crippen molar-refractivity contribution in [3.8, 4) is 0 Å². The number of amides is 1. The highest BCUT2D eigenvalue weighted by molar-refractivity contribution is 5.87. The Hall–Kier alpha value is -1.35. The van der Waals surface area contributed by atoms with Crippen LogP contribution < -0.4 is 5.73 Å². The van der Waals surface area contributed by atoms with Crippen LogP contribution in [-0.4, -0.2) is 23.9 Å². The van der Waals surface area contributed by atoms with Crippen LogP contribution in [0.1, 0.15) is 40.2 Å². The number of benzene rings is 1. The standard InChI is InChI=1S/C16H26N2O/c1-12(15(2,3)4)18(6)14(19)16(5,17)13-10-8-7-9-11-13/h7-12H,17H2,1-6H3. The number of carbonyl (C=O) groups is 1. The lowest BCUT2D eigenvalue weighted by molar-refractivity contribution is -0.139. The van der Waals surface area contributed by atoms with Crippen molar-refractivity contribution in [1.82, 2.24) is 4.90 Å². The molecule has 0 spiro atoms. The lowest BCUT2D eigenvalue weighted by atomic mass is 9.85. The van der Waals surface area contributed by atoms with Gasteiger partial charge in [0.2, 0.25) is 5.91 Å². The fourth-order valence-corrected chi connectivity index (χ4v) is 2.03. The highest BCUT2D eigenvalue weighted by Gasteiger charge is 2.37. The first-order chi connectivity index (χ1) is 8.58. The number of hydrogen-bond acceptors (Lipinski definition) is 2. The van der Waals surface area contributed by atoms with Crippen LogP contribution in [0, 0.1) is 5.41 Å². The zero-order valence-corrected chi connectivity index (χ0v) is 12.9. The quantitative estimate of drug-likeness (QED) is 0.910. The SMILES string of the molecule is CC(N(C)C(=O)C(C)(N)c1ccccc1)C(C)(C)C. The van der Waals surface area contributed by atoms with Gasteiger partial charge in [0.1, 0.15) is 5.54 Å². The first-order valence-electron chi connectivity index (χ1n) is 6.70. The molecule has 2 unspecified atom stereocenters. The molecule has 2 atom stereocenters. The molecule has 0 saturated heterocycles. The summed E-state index contributed by atoms with van der Waals surface area (Å²) in [6, 6.07) is 9.64. The maximum Gasteiger partial charge on any atom is 0.246 e. The summed E-state index contributed by atoms with van der Waals surface area (Å²) in [4.78, 5) is 14.4. The predicted octanol–water partition coefficient (Wildman–Crippen LogP) is 2.75. The molecule has 0 aliphatic carbocycles. The number of hydrogen-bond donors (Lipinski definition) is 1. The second-order valence-corrected chi connectivity index (χ2v) is 6.53. The number of likely N-dealkylation sites (N-methyl/N-ethyl adjacent to an activating group) is 1. The zero-order valence-electron chi connectivity index (χ0n) is 12.9. The third kappa shape index (κ3) is 3.35. The van der Waals surface area contributed by atoms with Crippen molar-refractivity contribution in [2.45, 2.75) is 46.2 Å². The van der Waals surface area contributed by atoms with E-state index in [0.29, 0.717) is 0 Å². The van der Waals surface area contributed by atoms with Gasteiger partial charge in [0.15, 0.2) is 0 Å². The molecule has 3 heteroatoms. The average molecular weight is 262 g/mol. The van der Waals surface area contributed by atoms with E-state index in [4.69, 9.17) is 5.73 Å². The molecule has 2 N–H and O–H groups in total. The van der Waals surface area contributed by atoms with Gasteiger partial charge >= 0.3 is 0 Å². The molecule has 1 aromatic carbocycles. The van der Waals surface area contributed by atoms with Gasteiger partial charge in [-0.15, -0.1) is 0 Å². The second kappa shape index (κ2) is 5.33. The summed E-state index contributed by atoms with van der Waals surface area (Å²) in [6.07, 6.45) is 0. The summed E-state index contributed by atoms with van der Waals surface area (Å²) < 4.78 is 0. The highest BCUT2D eigenvalue weighted by atomic mass is 16.2. The van der Waals surface area contributed by atoms with Crippen LogP contribution in [0.15, 0.2) is 30.3 Å². The second-order valence-electron chi connectivity index (χ2n) is 6.53. The summed E-state index contributed by atoms with van der Waals surface area (Å²) in [5.41, 5.74) is 6.15. The van der Waals surface area contributed by atoms with E-state index >= 15 is 0 Å². The van der Waals surface area contributed by atoms with Gasteiger partial charge in [-0.3, -0.25) is 4.79 Å². The maximum atomic E-state index is 12.7. The zero-order chi connectivity index (χ0) is 14.8. The Labute approximate surface area is 116 Å². The molecular formula is C16H26N2O. The van der Waals surface area contributed by atoms with Crippen LogP contribution in [0.3, 0.4) is 0 Å². The Morgan fingerprint density at radius 2 is 1.63 bits per heavy atom. The van der Waals surface area contributed by atoms with Crippen LogP contribution in [0.5, 0.6) is 0 Å². The molecule has 0 bridgehead atoms. The molecule has 0 heterocycles. The summed E-state index contributed by atoms with van der Waals surface area (Å²) in [6.45, 7) is 10.2. The summed E-state index contributed by atoms with van der Waals surface area (Å²) in [5, 5.41) is 0. The lowest BCUT2D eigenvalue weighted by Gasteiger charge is -2.39. The predicted molar refractivity (Wildman–Crippen MR) is 79.7 cm³/mol. The maximum absolute atomic E-state index is 12.7. The largest absolute Gasteiger partial charge is 0.341 e. The first kappa shape index (κ1) is 15.7. The Morgan fingerprint density at radius 1 is 1.16 bits per heavy atom. The van der Waals surface area contributed by atoms with Crippen LogP contribution >= 0.6 is 0 Å². The third-order valence-corrected chi connectivity index (χ3v) is 3.97. The fraction of sp³-hybridized carbons (Fsp3) is 0.562. The topological polar surface area (TPSA) is 46.3 Å². The summed E-state index contributed by atoms with van der Waals surface area (Å²) >= 11 is 0. The molecule has 0 aliphatic heterocycles. The summed E-state index contributed by atoms with van der Waals surface area (Å²) in [5.74, 6) is -0.0545. The average Bonchev–Trinajstić information content (AvgIpc) is 2.36. The molecule has 0 aliphatic rings. The van der Waals surface area contributed by atoms with Gasteiger partial charge in [-0.1, -0.05) is 51.1 Å². The lowest BCUT2D eigenvalue weighted by Crippen LogP contribution is -2.54. The normalized spacial score (nSPS) is 16.6. The van der Waals surface area contributed by atoms with E-state index < -0.39 is 5.54 Å². The molecule has 1 rings (SSSR count). The van der Waals surface area contributed by atoms with E-state index in [0.717, 1.165) is 5.56 Å². The van der Waals surface area contributed by atoms with Crippen molar-refractivity contribution in [2.75, 3.05) is 7.05 Å². The van der Waals surface area contributed by atoms with E-state index in [1.54, 1.807) is 11.8 Å². The van der Waals surface area contributed by atoms with Crippen molar-refractivity contribution in [3.63, 3.8) is 0 Å². The molecule has 0 saturated carbocycles. The number of rotatable bonds is 3. The van der Waals surface area contributed by atoms with E-state index in [2.05, 4.69) is 27.7 Å². The Balaban J connectivity index is 3.00. The number of nitrogens with two attached hydrogens (primary N) is 1. The van der Waals surface area contributed by atoms with Crippen molar-refractivity contribution in [2.24, 2.45) is 11.1 Å². The van der Waals surface area contributed by atoms with Crippen LogP contribution in [0.25, 0.3) is 0 Å². The Kier molecular flexibility index (Phi) is 4.41. The third-order valence-electron chi connectivity index (χ3n) is 3.97. The van der Waals surface area contributed by atoms with Crippen molar-refractivity contribution < 1.29 is 4.79 Å². The first-order valence-corrected chi connectivity index (χ1v) is 6.70. The monoisotopic (exact) mass is 262 g/mol. The molecule has 1 aromatic rings. The van der Waals surface area contributed by atoms with E-state index in [1.165, 1.54) is 0 Å². The van der Waals surface area contributed by atoms with Crippen molar-refractivity contribution in [3.05, 3.63) is 35.9 Å². The number of nitrogens with zero attached hydrogens (tertiary/aromatic N) is 1. The highest BCUT2D eigenvalue weighted by Crippen LogP contribution is 2.27. The van der Waals surface area contributed by atoms with Gasteiger partial charge in [-0.25, -0.2) is 0 Å². The van der Waals surface area contributed by atoms with Gasteiger partial charge in [0, 0.05) is 13.1 Å². The number of carbonyl (C=O) groups excluding carboxylic acids is 1. The fourth-order valence-electron chi connectivity index (χ4n) is 2.03. The molecular weight excluding hydrogens is 236 g/mol. The molecule has 0 radical (unpaired) electrons. The minimum atomic E-state index is -0.991. The molecule has 1 amide bonds. The minimum Gasteiger partial charge on any atom is -0.341 e. The smallest absolute Gasteiger partial charge is 0.246 e. The van der Waals surface area contributed by atoms with Crippen LogP contribution in [0.2, 0.25) is 0 Å². The van der Waals surface area contributed by atoms with Gasteiger partial charge in [0.05, 0.1) is 0 Å². The summed E-state index contributed by atoms with van der Waals surface area (Å²) in [7, 11) is 1.83. The van der Waals surface area contributed by atoms with Crippen LogP contribution in [-0.2, 0) is 10.3 Å². The Bertz CT molecular complexity index is 432. The van der Waals surface area contributed by atoms with Crippen LogP contribution in [0.4, 0.5) is 0 Å². The van der Waals surface area contributed by atoms with Gasteiger partial charge < -0.3 is 10.6 Å². The minimum absolute atomic E-state index is 0.0250.